The first-order valence-corrected chi connectivity index (χ1v) is 6.78. The second-order valence-electron chi connectivity index (χ2n) is 4.93. The van der Waals surface area contributed by atoms with Gasteiger partial charge in [0, 0.05) is 12.2 Å². The van der Waals surface area contributed by atoms with Crippen molar-refractivity contribution in [2.45, 2.75) is 20.0 Å². The molecule has 0 radical (unpaired) electrons. The number of benzene rings is 1. The summed E-state index contributed by atoms with van der Waals surface area (Å²) < 4.78 is 0. The Labute approximate surface area is 124 Å². The van der Waals surface area contributed by atoms with E-state index in [-0.39, 0.29) is 12.6 Å². The van der Waals surface area contributed by atoms with Crippen LogP contribution in [-0.4, -0.2) is 22.7 Å². The standard InChI is InChI=1S/C16H19N3O2/c1-11-5-3-7-13(9-11)14(20)10-17-16(21)19-15-8-4-6-12(2)18-15/h3-9,14,20H,10H2,1-2H3,(H2,17,18,19,21). The number of nitrogens with zero attached hydrogens (tertiary/aromatic N) is 1. The van der Waals surface area contributed by atoms with Gasteiger partial charge >= 0.3 is 6.03 Å². The Kier molecular flexibility index (Phi) is 4.90. The molecule has 2 amide bonds. The van der Waals surface area contributed by atoms with Crippen LogP contribution in [0.15, 0.2) is 42.5 Å². The van der Waals surface area contributed by atoms with Gasteiger partial charge in [-0.2, -0.15) is 0 Å². The monoisotopic (exact) mass is 285 g/mol. The summed E-state index contributed by atoms with van der Waals surface area (Å²) in [7, 11) is 0. The van der Waals surface area contributed by atoms with Crippen LogP contribution >= 0.6 is 0 Å². The molecule has 1 aromatic carbocycles. The van der Waals surface area contributed by atoms with Crippen LogP contribution in [0.5, 0.6) is 0 Å². The minimum atomic E-state index is -0.735. The summed E-state index contributed by atoms with van der Waals surface area (Å²) >= 11 is 0. The van der Waals surface area contributed by atoms with Crippen LogP contribution in [0.2, 0.25) is 0 Å². The van der Waals surface area contributed by atoms with Gasteiger partial charge in [0.25, 0.3) is 0 Å². The van der Waals surface area contributed by atoms with Crippen molar-refractivity contribution in [3.05, 3.63) is 59.3 Å². The highest BCUT2D eigenvalue weighted by molar-refractivity contribution is 5.88. The molecule has 0 saturated heterocycles. The molecule has 21 heavy (non-hydrogen) atoms. The Morgan fingerprint density at radius 1 is 1.24 bits per heavy atom. The summed E-state index contributed by atoms with van der Waals surface area (Å²) in [5, 5.41) is 15.3. The van der Waals surface area contributed by atoms with Gasteiger partial charge in [0.15, 0.2) is 0 Å². The second-order valence-corrected chi connectivity index (χ2v) is 4.93. The topological polar surface area (TPSA) is 74.2 Å². The molecule has 1 aromatic heterocycles. The number of hydrogen-bond donors (Lipinski definition) is 3. The smallest absolute Gasteiger partial charge is 0.320 e. The summed E-state index contributed by atoms with van der Waals surface area (Å²) in [5.41, 5.74) is 2.68. The van der Waals surface area contributed by atoms with Crippen LogP contribution in [0.25, 0.3) is 0 Å². The number of hydrogen-bond acceptors (Lipinski definition) is 3. The average Bonchev–Trinajstić information content (AvgIpc) is 2.45. The molecule has 3 N–H and O–H groups in total. The number of rotatable bonds is 4. The lowest BCUT2D eigenvalue weighted by molar-refractivity contribution is 0.175. The minimum Gasteiger partial charge on any atom is -0.387 e. The fourth-order valence-corrected chi connectivity index (χ4v) is 1.96. The minimum absolute atomic E-state index is 0.140. The molecule has 0 aliphatic rings. The van der Waals surface area contributed by atoms with Gasteiger partial charge in [0.1, 0.15) is 5.82 Å². The summed E-state index contributed by atoms with van der Waals surface area (Å²) in [6.45, 7) is 3.95. The number of urea groups is 1. The Balaban J connectivity index is 1.86. The van der Waals surface area contributed by atoms with Gasteiger partial charge in [0.2, 0.25) is 0 Å². The molecule has 0 saturated carbocycles. The second kappa shape index (κ2) is 6.85. The van der Waals surface area contributed by atoms with E-state index in [0.717, 1.165) is 16.8 Å². The van der Waals surface area contributed by atoms with E-state index in [1.807, 2.05) is 50.2 Å². The van der Waals surface area contributed by atoms with E-state index < -0.39 is 6.10 Å². The summed E-state index contributed by atoms with van der Waals surface area (Å²) in [4.78, 5) is 15.9. The number of anilines is 1. The van der Waals surface area contributed by atoms with E-state index in [2.05, 4.69) is 15.6 Å². The van der Waals surface area contributed by atoms with E-state index >= 15 is 0 Å². The molecule has 0 fully saturated rings. The lowest BCUT2D eigenvalue weighted by atomic mass is 10.1. The van der Waals surface area contributed by atoms with Crippen LogP contribution in [0, 0.1) is 13.8 Å². The maximum absolute atomic E-state index is 11.8. The molecular formula is C16H19N3O2. The van der Waals surface area contributed by atoms with Gasteiger partial charge in [-0.05, 0) is 31.5 Å². The number of carbonyl (C=O) groups excluding carboxylic acids is 1. The molecule has 1 heterocycles. The molecule has 5 nitrogen and oxygen atoms in total. The predicted molar refractivity (Wildman–Crippen MR) is 82.1 cm³/mol. The molecule has 2 aromatic rings. The van der Waals surface area contributed by atoms with Gasteiger partial charge < -0.3 is 10.4 Å². The van der Waals surface area contributed by atoms with Crippen molar-refractivity contribution in [3.8, 4) is 0 Å². The van der Waals surface area contributed by atoms with Gasteiger partial charge in [-0.25, -0.2) is 9.78 Å². The van der Waals surface area contributed by atoms with E-state index in [1.165, 1.54) is 0 Å². The van der Waals surface area contributed by atoms with Crippen molar-refractivity contribution in [3.63, 3.8) is 0 Å². The highest BCUT2D eigenvalue weighted by Gasteiger charge is 2.10. The number of nitrogens with one attached hydrogen (secondary N) is 2. The Hall–Kier alpha value is -2.40. The van der Waals surface area contributed by atoms with E-state index in [4.69, 9.17) is 0 Å². The van der Waals surface area contributed by atoms with E-state index in [0.29, 0.717) is 5.82 Å². The van der Waals surface area contributed by atoms with Crippen molar-refractivity contribution in [2.24, 2.45) is 0 Å². The zero-order chi connectivity index (χ0) is 15.2. The van der Waals surface area contributed by atoms with Crippen molar-refractivity contribution in [2.75, 3.05) is 11.9 Å². The molecule has 0 aliphatic carbocycles. The third kappa shape index (κ3) is 4.57. The summed E-state index contributed by atoms with van der Waals surface area (Å²) in [6.07, 6.45) is -0.735. The molecular weight excluding hydrogens is 266 g/mol. The first-order valence-electron chi connectivity index (χ1n) is 6.78. The highest BCUT2D eigenvalue weighted by atomic mass is 16.3. The zero-order valence-corrected chi connectivity index (χ0v) is 12.1. The van der Waals surface area contributed by atoms with Crippen LogP contribution in [-0.2, 0) is 0 Å². The normalized spacial score (nSPS) is 11.8. The van der Waals surface area contributed by atoms with Crippen molar-refractivity contribution >= 4 is 11.8 Å². The number of carbonyl (C=O) groups is 1. The van der Waals surface area contributed by atoms with Gasteiger partial charge in [-0.3, -0.25) is 5.32 Å². The lowest BCUT2D eigenvalue weighted by Gasteiger charge is -2.13. The fraction of sp³-hybridized carbons (Fsp3) is 0.250. The first-order chi connectivity index (χ1) is 10.0. The lowest BCUT2D eigenvalue weighted by Crippen LogP contribution is -2.32. The first kappa shape index (κ1) is 15.0. The zero-order valence-electron chi connectivity index (χ0n) is 12.1. The van der Waals surface area contributed by atoms with E-state index in [1.54, 1.807) is 6.07 Å². The quantitative estimate of drug-likeness (QED) is 0.808. The number of aromatic nitrogens is 1. The summed E-state index contributed by atoms with van der Waals surface area (Å²) in [5.74, 6) is 0.484. The Morgan fingerprint density at radius 3 is 2.71 bits per heavy atom. The highest BCUT2D eigenvalue weighted by Crippen LogP contribution is 2.13. The van der Waals surface area contributed by atoms with Gasteiger partial charge in [-0.1, -0.05) is 35.9 Å². The number of aryl methyl sites for hydroxylation is 2. The maximum atomic E-state index is 11.8. The Bertz CT molecular complexity index is 628. The molecule has 0 bridgehead atoms. The summed E-state index contributed by atoms with van der Waals surface area (Å²) in [6, 6.07) is 12.6. The number of amides is 2. The van der Waals surface area contributed by atoms with Crippen LogP contribution in [0.4, 0.5) is 10.6 Å². The predicted octanol–water partition coefficient (Wildman–Crippen LogP) is 2.55. The molecule has 110 valence electrons. The SMILES string of the molecule is Cc1cccc(C(O)CNC(=O)Nc2cccc(C)n2)c1. The molecule has 5 heteroatoms. The van der Waals surface area contributed by atoms with Crippen LogP contribution in [0.1, 0.15) is 22.9 Å². The number of aliphatic hydroxyl groups is 1. The van der Waals surface area contributed by atoms with E-state index in [9.17, 15) is 9.90 Å². The van der Waals surface area contributed by atoms with Crippen LogP contribution < -0.4 is 10.6 Å². The molecule has 2 rings (SSSR count). The van der Waals surface area contributed by atoms with Gasteiger partial charge in [0.05, 0.1) is 6.10 Å². The third-order valence-corrected chi connectivity index (χ3v) is 3.01. The average molecular weight is 285 g/mol. The van der Waals surface area contributed by atoms with Crippen molar-refractivity contribution < 1.29 is 9.90 Å². The third-order valence-electron chi connectivity index (χ3n) is 3.01. The van der Waals surface area contributed by atoms with Gasteiger partial charge in [-0.15, -0.1) is 0 Å². The van der Waals surface area contributed by atoms with Crippen molar-refractivity contribution in [1.29, 1.82) is 0 Å². The molecule has 1 unspecified atom stereocenters. The van der Waals surface area contributed by atoms with Crippen LogP contribution in [0.3, 0.4) is 0 Å². The molecule has 0 aliphatic heterocycles. The van der Waals surface area contributed by atoms with Crippen molar-refractivity contribution in [1.82, 2.24) is 10.3 Å². The Morgan fingerprint density at radius 2 is 2.00 bits per heavy atom. The fourth-order valence-electron chi connectivity index (χ4n) is 1.96. The maximum Gasteiger partial charge on any atom is 0.320 e. The largest absolute Gasteiger partial charge is 0.387 e. The number of aliphatic hydroxyl groups excluding tert-OH is 1. The number of pyridine rings is 1. The molecule has 0 spiro atoms. The molecule has 1 atom stereocenters.